The third kappa shape index (κ3) is 7.56. The number of hydrogen-bond donors (Lipinski definition) is 3. The highest BCUT2D eigenvalue weighted by Crippen LogP contribution is 2.26. The smallest absolute Gasteiger partial charge is 0.475 e. The standard InChI is InChI=1S/C16H14ClN3O3S.C2HF3O2/c1-24(22,23)15-7-14(17)11(9-19)6-13(15)16(21)20-12-4-2-10(8-18)3-5-12;3-2(4,5)1(6)7/h2-7H,8,18H2,1H3,(H,20,21);(H,6,7). The second-order valence-electron chi connectivity index (χ2n) is 5.87. The topological polar surface area (TPSA) is 150 Å². The van der Waals surface area contributed by atoms with Crippen molar-refractivity contribution >= 4 is 39.0 Å². The van der Waals surface area contributed by atoms with Gasteiger partial charge in [-0.2, -0.15) is 18.4 Å². The monoisotopic (exact) mass is 477 g/mol. The molecule has 0 atom stereocenters. The Balaban J connectivity index is 0.000000592. The SMILES string of the molecule is CS(=O)(=O)c1cc(Cl)c(C#N)cc1C(=O)Nc1ccc(CN)cc1.O=C(O)C(F)(F)F. The molecule has 0 aliphatic heterocycles. The summed E-state index contributed by atoms with van der Waals surface area (Å²) in [5.41, 5.74) is 6.76. The Morgan fingerprint density at radius 1 is 1.23 bits per heavy atom. The van der Waals surface area contributed by atoms with Crippen molar-refractivity contribution in [2.24, 2.45) is 5.73 Å². The lowest BCUT2D eigenvalue weighted by Gasteiger charge is -2.11. The van der Waals surface area contributed by atoms with Crippen LogP contribution in [0.5, 0.6) is 0 Å². The van der Waals surface area contributed by atoms with Crippen molar-refractivity contribution in [2.45, 2.75) is 17.6 Å². The molecule has 0 saturated heterocycles. The first kappa shape index (κ1) is 25.9. The second-order valence-corrected chi connectivity index (χ2v) is 8.26. The summed E-state index contributed by atoms with van der Waals surface area (Å²) in [5.74, 6) is -3.41. The van der Waals surface area contributed by atoms with E-state index >= 15 is 0 Å². The van der Waals surface area contributed by atoms with Crippen LogP contribution in [-0.4, -0.2) is 37.8 Å². The van der Waals surface area contributed by atoms with Gasteiger partial charge in [-0.3, -0.25) is 4.79 Å². The van der Waals surface area contributed by atoms with Crippen LogP contribution < -0.4 is 11.1 Å². The highest BCUT2D eigenvalue weighted by Gasteiger charge is 2.38. The summed E-state index contributed by atoms with van der Waals surface area (Å²) in [7, 11) is -3.70. The molecule has 0 radical (unpaired) electrons. The summed E-state index contributed by atoms with van der Waals surface area (Å²) in [4.78, 5) is 21.1. The fourth-order valence-corrected chi connectivity index (χ4v) is 3.20. The molecular formula is C18H15ClF3N3O5S. The van der Waals surface area contributed by atoms with Gasteiger partial charge in [0.25, 0.3) is 5.91 Å². The summed E-state index contributed by atoms with van der Waals surface area (Å²) in [6.45, 7) is 0.370. The van der Waals surface area contributed by atoms with Crippen LogP contribution in [-0.2, 0) is 21.2 Å². The molecule has 31 heavy (non-hydrogen) atoms. The van der Waals surface area contributed by atoms with Crippen molar-refractivity contribution in [1.82, 2.24) is 0 Å². The van der Waals surface area contributed by atoms with E-state index in [1.807, 2.05) is 6.07 Å². The zero-order chi connectivity index (χ0) is 24.0. The number of nitrogens with two attached hydrogens (primary N) is 1. The van der Waals surface area contributed by atoms with Crippen LogP contribution >= 0.6 is 11.6 Å². The number of rotatable bonds is 4. The van der Waals surface area contributed by atoms with Crippen LogP contribution in [0.1, 0.15) is 21.5 Å². The van der Waals surface area contributed by atoms with Crippen molar-refractivity contribution in [3.63, 3.8) is 0 Å². The molecule has 1 amide bonds. The van der Waals surface area contributed by atoms with E-state index in [0.29, 0.717) is 12.2 Å². The molecule has 0 bridgehead atoms. The Labute approximate surface area is 180 Å². The third-order valence-corrected chi connectivity index (χ3v) is 4.97. The molecule has 0 heterocycles. The first-order valence-corrected chi connectivity index (χ1v) is 10.3. The third-order valence-electron chi connectivity index (χ3n) is 3.52. The summed E-state index contributed by atoms with van der Waals surface area (Å²) in [6.07, 6.45) is -4.11. The first-order valence-electron chi connectivity index (χ1n) is 8.04. The Bertz CT molecular complexity index is 1130. The maximum Gasteiger partial charge on any atom is 0.490 e. The van der Waals surface area contributed by atoms with Gasteiger partial charge in [-0.25, -0.2) is 13.2 Å². The molecule has 2 aromatic carbocycles. The number of sulfone groups is 1. The molecule has 0 saturated carbocycles. The minimum atomic E-state index is -5.08. The van der Waals surface area contributed by atoms with Gasteiger partial charge in [0.2, 0.25) is 0 Å². The normalized spacial score (nSPS) is 11.0. The lowest BCUT2D eigenvalue weighted by molar-refractivity contribution is -0.192. The molecule has 13 heteroatoms. The molecule has 2 rings (SSSR count). The van der Waals surface area contributed by atoms with E-state index in [1.54, 1.807) is 24.3 Å². The number of carbonyl (C=O) groups excluding carboxylic acids is 1. The van der Waals surface area contributed by atoms with Gasteiger partial charge < -0.3 is 16.2 Å². The van der Waals surface area contributed by atoms with E-state index in [-0.39, 0.29) is 21.0 Å². The number of carboxylic acid groups (broad SMARTS) is 1. The molecule has 166 valence electrons. The van der Waals surface area contributed by atoms with E-state index in [0.717, 1.165) is 17.9 Å². The van der Waals surface area contributed by atoms with Crippen LogP contribution in [0.2, 0.25) is 5.02 Å². The minimum Gasteiger partial charge on any atom is -0.475 e. The van der Waals surface area contributed by atoms with Crippen molar-refractivity contribution in [1.29, 1.82) is 5.26 Å². The molecule has 0 aliphatic rings. The van der Waals surface area contributed by atoms with Gasteiger partial charge >= 0.3 is 12.1 Å². The number of hydrogen-bond acceptors (Lipinski definition) is 6. The summed E-state index contributed by atoms with van der Waals surface area (Å²) < 4.78 is 55.6. The number of carbonyl (C=O) groups is 2. The van der Waals surface area contributed by atoms with Gasteiger partial charge in [-0.1, -0.05) is 23.7 Å². The number of benzene rings is 2. The molecule has 8 nitrogen and oxygen atoms in total. The predicted octanol–water partition coefficient (Wildman–Crippen LogP) is 2.96. The number of nitrogens with zero attached hydrogens (tertiary/aromatic N) is 1. The summed E-state index contributed by atoms with van der Waals surface area (Å²) in [6, 6.07) is 10.9. The highest BCUT2D eigenvalue weighted by molar-refractivity contribution is 7.90. The van der Waals surface area contributed by atoms with Gasteiger partial charge in [0, 0.05) is 18.5 Å². The predicted molar refractivity (Wildman–Crippen MR) is 105 cm³/mol. The number of aliphatic carboxylic acids is 1. The molecule has 0 fully saturated rings. The quantitative estimate of drug-likeness (QED) is 0.612. The van der Waals surface area contributed by atoms with E-state index in [9.17, 15) is 26.4 Å². The van der Waals surface area contributed by atoms with Crippen LogP contribution in [0.4, 0.5) is 18.9 Å². The van der Waals surface area contributed by atoms with E-state index in [4.69, 9.17) is 32.5 Å². The van der Waals surface area contributed by atoms with Crippen LogP contribution in [0.15, 0.2) is 41.3 Å². The Kier molecular flexibility index (Phi) is 8.56. The van der Waals surface area contributed by atoms with E-state index < -0.39 is 27.9 Å². The van der Waals surface area contributed by atoms with Gasteiger partial charge in [-0.15, -0.1) is 0 Å². The van der Waals surface area contributed by atoms with Gasteiger partial charge in [0.15, 0.2) is 9.84 Å². The molecule has 0 spiro atoms. The summed E-state index contributed by atoms with van der Waals surface area (Å²) >= 11 is 5.88. The molecule has 2 aromatic rings. The lowest BCUT2D eigenvalue weighted by atomic mass is 10.1. The zero-order valence-electron chi connectivity index (χ0n) is 15.7. The first-order chi connectivity index (χ1) is 14.2. The fraction of sp³-hybridized carbons (Fsp3) is 0.167. The van der Waals surface area contributed by atoms with Crippen molar-refractivity contribution < 1.29 is 36.3 Å². The maximum absolute atomic E-state index is 12.5. The second kappa shape index (κ2) is 10.3. The average molecular weight is 478 g/mol. The lowest BCUT2D eigenvalue weighted by Crippen LogP contribution is -2.21. The average Bonchev–Trinajstić information content (AvgIpc) is 2.67. The largest absolute Gasteiger partial charge is 0.490 e. The molecule has 0 aliphatic carbocycles. The Morgan fingerprint density at radius 2 is 1.74 bits per heavy atom. The molecule has 4 N–H and O–H groups in total. The summed E-state index contributed by atoms with van der Waals surface area (Å²) in [5, 5.41) is 18.7. The van der Waals surface area contributed by atoms with Gasteiger partial charge in [0.1, 0.15) is 6.07 Å². The van der Waals surface area contributed by atoms with Crippen molar-refractivity contribution in [3.05, 3.63) is 58.1 Å². The fourth-order valence-electron chi connectivity index (χ4n) is 2.05. The maximum atomic E-state index is 12.5. The number of anilines is 1. The van der Waals surface area contributed by atoms with Gasteiger partial charge in [-0.05, 0) is 29.8 Å². The number of nitriles is 1. The van der Waals surface area contributed by atoms with Crippen molar-refractivity contribution in [3.8, 4) is 6.07 Å². The Hall–Kier alpha value is -3.14. The number of alkyl halides is 3. The molecule has 0 aromatic heterocycles. The number of halogens is 4. The van der Waals surface area contributed by atoms with Gasteiger partial charge in [0.05, 0.1) is 21.0 Å². The Morgan fingerprint density at radius 3 is 2.13 bits per heavy atom. The van der Waals surface area contributed by atoms with Crippen LogP contribution in [0.25, 0.3) is 0 Å². The number of carboxylic acids is 1. The zero-order valence-corrected chi connectivity index (χ0v) is 17.3. The molecule has 0 unspecified atom stereocenters. The highest BCUT2D eigenvalue weighted by atomic mass is 35.5. The minimum absolute atomic E-state index is 0.0210. The van der Waals surface area contributed by atoms with Crippen molar-refractivity contribution in [2.75, 3.05) is 11.6 Å². The van der Waals surface area contributed by atoms with E-state index in [1.165, 1.54) is 6.07 Å². The number of amides is 1. The van der Waals surface area contributed by atoms with Crippen LogP contribution in [0.3, 0.4) is 0 Å². The van der Waals surface area contributed by atoms with Crippen LogP contribution in [0, 0.1) is 11.3 Å². The van der Waals surface area contributed by atoms with E-state index in [2.05, 4.69) is 5.32 Å². The molecular weight excluding hydrogens is 463 g/mol. The number of nitrogens with one attached hydrogen (secondary N) is 1.